The lowest BCUT2D eigenvalue weighted by atomic mass is 9.95. The number of rotatable bonds is 11. The summed E-state index contributed by atoms with van der Waals surface area (Å²) in [7, 11) is 0. The molecule has 1 aliphatic rings. The normalized spacial score (nSPS) is 16.2. The Morgan fingerprint density at radius 1 is 1.05 bits per heavy atom. The minimum atomic E-state index is -1.13. The standard InChI is InChI=1S/C30H31FN2O7S/c1-5-8-15-40-21-14-11-19(16-22(21)38-6-2)24-23(25(34)18-9-12-20(31)13-10-18)26(35)28(36)33(24)30-32-17(4)27(41-30)29(37)39-7-3/h9-14,16,24,34H,5-8,15H2,1-4H3/b25-23+. The topological polar surface area (TPSA) is 115 Å². The fraction of sp³-hybridized carbons (Fsp3) is 0.333. The van der Waals surface area contributed by atoms with E-state index >= 15 is 0 Å². The van der Waals surface area contributed by atoms with E-state index in [0.29, 0.717) is 36.0 Å². The van der Waals surface area contributed by atoms with Gasteiger partial charge in [0, 0.05) is 5.56 Å². The molecule has 11 heteroatoms. The second-order valence-corrected chi connectivity index (χ2v) is 10.1. The average Bonchev–Trinajstić information content (AvgIpc) is 3.46. The summed E-state index contributed by atoms with van der Waals surface area (Å²) < 4.78 is 30.5. The fourth-order valence-electron chi connectivity index (χ4n) is 4.39. The molecule has 0 radical (unpaired) electrons. The number of carbonyl (C=O) groups is 3. The Bertz CT molecular complexity index is 1480. The molecule has 0 saturated carbocycles. The number of aliphatic hydroxyl groups excluding tert-OH is 1. The van der Waals surface area contributed by atoms with Crippen LogP contribution in [-0.4, -0.2) is 47.6 Å². The van der Waals surface area contributed by atoms with E-state index < -0.39 is 35.3 Å². The molecule has 1 fully saturated rings. The first-order chi connectivity index (χ1) is 19.7. The van der Waals surface area contributed by atoms with Crippen molar-refractivity contribution in [3.8, 4) is 11.5 Å². The maximum atomic E-state index is 13.6. The third-order valence-corrected chi connectivity index (χ3v) is 7.49. The average molecular weight is 583 g/mol. The maximum Gasteiger partial charge on any atom is 0.350 e. The van der Waals surface area contributed by atoms with Gasteiger partial charge in [-0.2, -0.15) is 0 Å². The van der Waals surface area contributed by atoms with E-state index in [1.165, 1.54) is 12.1 Å². The molecule has 0 bridgehead atoms. The van der Waals surface area contributed by atoms with Crippen molar-refractivity contribution in [3.63, 3.8) is 0 Å². The number of thiazole rings is 1. The summed E-state index contributed by atoms with van der Waals surface area (Å²) in [6.45, 7) is 8.11. The van der Waals surface area contributed by atoms with Gasteiger partial charge in [-0.15, -0.1) is 0 Å². The number of aliphatic hydroxyl groups is 1. The van der Waals surface area contributed by atoms with E-state index in [1.54, 1.807) is 32.0 Å². The van der Waals surface area contributed by atoms with Gasteiger partial charge in [0.25, 0.3) is 5.78 Å². The van der Waals surface area contributed by atoms with Crippen molar-refractivity contribution in [1.29, 1.82) is 0 Å². The number of hydrogen-bond donors (Lipinski definition) is 1. The highest BCUT2D eigenvalue weighted by atomic mass is 32.1. The number of carbonyl (C=O) groups excluding carboxylic acids is 3. The molecule has 1 saturated heterocycles. The van der Waals surface area contributed by atoms with Crippen LogP contribution in [0.4, 0.5) is 9.52 Å². The minimum absolute atomic E-state index is 0.0806. The highest BCUT2D eigenvalue weighted by Gasteiger charge is 2.48. The first-order valence-electron chi connectivity index (χ1n) is 13.3. The Labute approximate surface area is 241 Å². The molecule has 0 aliphatic carbocycles. The second kappa shape index (κ2) is 12.9. The number of anilines is 1. The smallest absolute Gasteiger partial charge is 0.350 e. The van der Waals surface area contributed by atoms with Crippen LogP contribution < -0.4 is 14.4 Å². The molecule has 41 heavy (non-hydrogen) atoms. The number of hydrogen-bond acceptors (Lipinski definition) is 9. The third-order valence-electron chi connectivity index (χ3n) is 6.35. The first-order valence-corrected chi connectivity index (χ1v) is 14.1. The number of esters is 1. The number of aromatic nitrogens is 1. The summed E-state index contributed by atoms with van der Waals surface area (Å²) in [5, 5.41) is 11.4. The van der Waals surface area contributed by atoms with Crippen LogP contribution in [0.3, 0.4) is 0 Å². The summed E-state index contributed by atoms with van der Waals surface area (Å²) in [5.74, 6) is -2.60. The van der Waals surface area contributed by atoms with E-state index in [1.807, 2.05) is 13.8 Å². The van der Waals surface area contributed by atoms with E-state index in [2.05, 4.69) is 4.98 Å². The Balaban J connectivity index is 1.90. The molecule has 1 N–H and O–H groups in total. The number of aryl methyl sites for hydroxylation is 1. The maximum absolute atomic E-state index is 13.6. The number of unbranched alkanes of at least 4 members (excludes halogenated alkanes) is 1. The quantitative estimate of drug-likeness (QED) is 0.0967. The third kappa shape index (κ3) is 6.09. The molecule has 1 aliphatic heterocycles. The summed E-state index contributed by atoms with van der Waals surface area (Å²) in [5.41, 5.74) is 0.706. The van der Waals surface area contributed by atoms with Crippen LogP contribution in [0.5, 0.6) is 11.5 Å². The lowest BCUT2D eigenvalue weighted by Gasteiger charge is -2.24. The predicted molar refractivity (Wildman–Crippen MR) is 152 cm³/mol. The molecule has 0 spiro atoms. The van der Waals surface area contributed by atoms with Crippen molar-refractivity contribution >= 4 is 39.9 Å². The van der Waals surface area contributed by atoms with Crippen molar-refractivity contribution < 1.29 is 38.1 Å². The van der Waals surface area contributed by atoms with Gasteiger partial charge in [0.15, 0.2) is 16.6 Å². The SMILES string of the molecule is CCCCOc1ccc(C2/C(=C(\O)c3ccc(F)cc3)C(=O)C(=O)N2c2nc(C)c(C(=O)OCC)s2)cc1OCC. The molecule has 9 nitrogen and oxygen atoms in total. The van der Waals surface area contributed by atoms with Gasteiger partial charge in [0.2, 0.25) is 0 Å². The lowest BCUT2D eigenvalue weighted by Crippen LogP contribution is -2.29. The van der Waals surface area contributed by atoms with Gasteiger partial charge in [-0.25, -0.2) is 14.2 Å². The van der Waals surface area contributed by atoms with Crippen molar-refractivity contribution in [3.05, 3.63) is 75.6 Å². The number of nitrogens with zero attached hydrogens (tertiary/aromatic N) is 2. The second-order valence-electron chi connectivity index (χ2n) is 9.15. The lowest BCUT2D eigenvalue weighted by molar-refractivity contribution is -0.132. The van der Waals surface area contributed by atoms with Gasteiger partial charge in [-0.1, -0.05) is 30.7 Å². The van der Waals surface area contributed by atoms with Crippen molar-refractivity contribution in [2.45, 2.75) is 46.6 Å². The zero-order chi connectivity index (χ0) is 29.7. The number of ketones is 1. The minimum Gasteiger partial charge on any atom is -0.507 e. The van der Waals surface area contributed by atoms with Crippen LogP contribution in [0, 0.1) is 12.7 Å². The molecule has 2 aromatic carbocycles. The van der Waals surface area contributed by atoms with E-state index in [9.17, 15) is 23.9 Å². The van der Waals surface area contributed by atoms with Crippen molar-refractivity contribution in [2.75, 3.05) is 24.7 Å². The van der Waals surface area contributed by atoms with Crippen LogP contribution in [0.15, 0.2) is 48.0 Å². The number of Topliss-reactive ketones (excluding diaryl/α,β-unsaturated/α-hetero) is 1. The van der Waals surface area contributed by atoms with Crippen LogP contribution in [0.1, 0.15) is 66.1 Å². The Kier molecular flexibility index (Phi) is 9.38. The van der Waals surface area contributed by atoms with Gasteiger partial charge in [-0.3, -0.25) is 14.5 Å². The fourth-order valence-corrected chi connectivity index (χ4v) is 5.38. The highest BCUT2D eigenvalue weighted by Crippen LogP contribution is 2.45. The van der Waals surface area contributed by atoms with E-state index in [4.69, 9.17) is 14.2 Å². The summed E-state index contributed by atoms with van der Waals surface area (Å²) in [6.07, 6.45) is 1.79. The summed E-state index contributed by atoms with van der Waals surface area (Å²) >= 11 is 0.909. The largest absolute Gasteiger partial charge is 0.507 e. The molecule has 4 rings (SSSR count). The molecule has 1 unspecified atom stereocenters. The van der Waals surface area contributed by atoms with Crippen LogP contribution in [0.2, 0.25) is 0 Å². The van der Waals surface area contributed by atoms with Crippen molar-refractivity contribution in [1.82, 2.24) is 4.98 Å². The molecule has 1 amide bonds. The molecule has 1 atom stereocenters. The molecule has 216 valence electrons. The number of amides is 1. The first kappa shape index (κ1) is 29.7. The Morgan fingerprint density at radius 3 is 2.44 bits per heavy atom. The summed E-state index contributed by atoms with van der Waals surface area (Å²) in [4.78, 5) is 45.3. The predicted octanol–water partition coefficient (Wildman–Crippen LogP) is 5.97. The van der Waals surface area contributed by atoms with Gasteiger partial charge >= 0.3 is 11.9 Å². The molecular formula is C30H31FN2O7S. The molecule has 2 heterocycles. The van der Waals surface area contributed by atoms with E-state index in [0.717, 1.165) is 41.2 Å². The Morgan fingerprint density at radius 2 is 1.78 bits per heavy atom. The van der Waals surface area contributed by atoms with Gasteiger partial charge in [-0.05, 0) is 69.2 Å². The number of benzene rings is 2. The number of ether oxygens (including phenoxy) is 3. The summed E-state index contributed by atoms with van der Waals surface area (Å²) in [6, 6.07) is 8.80. The number of halogens is 1. The molecule has 1 aromatic heterocycles. The molecular weight excluding hydrogens is 551 g/mol. The Hall–Kier alpha value is -4.25. The molecule has 3 aromatic rings. The zero-order valence-corrected chi connectivity index (χ0v) is 24.0. The zero-order valence-electron chi connectivity index (χ0n) is 23.2. The van der Waals surface area contributed by atoms with Gasteiger partial charge in [0.1, 0.15) is 16.5 Å². The van der Waals surface area contributed by atoms with E-state index in [-0.39, 0.29) is 27.8 Å². The van der Waals surface area contributed by atoms with Crippen LogP contribution >= 0.6 is 11.3 Å². The van der Waals surface area contributed by atoms with Crippen molar-refractivity contribution in [2.24, 2.45) is 0 Å². The highest BCUT2D eigenvalue weighted by molar-refractivity contribution is 7.17. The van der Waals surface area contributed by atoms with Gasteiger partial charge in [0.05, 0.1) is 37.1 Å². The van der Waals surface area contributed by atoms with Crippen LogP contribution in [0.25, 0.3) is 5.76 Å². The monoisotopic (exact) mass is 582 g/mol. The van der Waals surface area contributed by atoms with Gasteiger partial charge < -0.3 is 19.3 Å². The van der Waals surface area contributed by atoms with Crippen LogP contribution in [-0.2, 0) is 14.3 Å².